The number of fused-ring (bicyclic) bond motifs is 1. The van der Waals surface area contributed by atoms with Crippen molar-refractivity contribution in [3.05, 3.63) is 64.7 Å². The van der Waals surface area contributed by atoms with Gasteiger partial charge in [-0.3, -0.25) is 14.6 Å². The van der Waals surface area contributed by atoms with E-state index in [4.69, 9.17) is 10.5 Å². The molecule has 2 aromatic carbocycles. The first-order valence-corrected chi connectivity index (χ1v) is 9.25. The summed E-state index contributed by atoms with van der Waals surface area (Å²) in [5.74, 6) is 0.684. The van der Waals surface area contributed by atoms with Crippen LogP contribution in [0.4, 0.5) is 0 Å². The minimum Gasteiger partial charge on any atom is -0.493 e. The molecular formula is C21H25N3O2. The Morgan fingerprint density at radius 2 is 1.54 bits per heavy atom. The van der Waals surface area contributed by atoms with Crippen LogP contribution in [0.3, 0.4) is 0 Å². The lowest BCUT2D eigenvalue weighted by molar-refractivity contribution is 0.1000. The maximum atomic E-state index is 11.2. The number of hydrogen-bond acceptors (Lipinski definition) is 4. The van der Waals surface area contributed by atoms with Gasteiger partial charge in [0, 0.05) is 51.3 Å². The van der Waals surface area contributed by atoms with E-state index in [0.29, 0.717) is 5.56 Å². The van der Waals surface area contributed by atoms with E-state index < -0.39 is 0 Å². The van der Waals surface area contributed by atoms with Crippen LogP contribution < -0.4 is 10.5 Å². The Hall–Kier alpha value is -2.37. The molecule has 5 heteroatoms. The molecule has 2 aliphatic heterocycles. The molecule has 0 aliphatic carbocycles. The maximum Gasteiger partial charge on any atom is 0.248 e. The van der Waals surface area contributed by atoms with E-state index in [2.05, 4.69) is 28.0 Å². The first-order valence-electron chi connectivity index (χ1n) is 9.25. The Morgan fingerprint density at radius 3 is 2.19 bits per heavy atom. The molecule has 0 spiro atoms. The predicted octanol–water partition coefficient (Wildman–Crippen LogP) is 2.04. The number of rotatable bonds is 5. The average molecular weight is 351 g/mol. The van der Waals surface area contributed by atoms with Gasteiger partial charge in [-0.2, -0.15) is 0 Å². The zero-order valence-corrected chi connectivity index (χ0v) is 15.0. The van der Waals surface area contributed by atoms with Gasteiger partial charge >= 0.3 is 0 Å². The van der Waals surface area contributed by atoms with E-state index >= 15 is 0 Å². The summed E-state index contributed by atoms with van der Waals surface area (Å²) in [5, 5.41) is 0. The van der Waals surface area contributed by atoms with Crippen molar-refractivity contribution in [1.29, 1.82) is 0 Å². The SMILES string of the molecule is NC(=O)c1ccc(CN2CCN(Cc3ccc4c(c3)CCO4)CC2)cc1. The average Bonchev–Trinajstić information content (AvgIpc) is 3.12. The molecule has 1 amide bonds. The van der Waals surface area contributed by atoms with Crippen LogP contribution in [0.5, 0.6) is 5.75 Å². The lowest BCUT2D eigenvalue weighted by atomic mass is 10.1. The molecule has 136 valence electrons. The number of benzene rings is 2. The van der Waals surface area contributed by atoms with Crippen LogP contribution in [0.25, 0.3) is 0 Å². The molecule has 2 aliphatic rings. The molecular weight excluding hydrogens is 326 g/mol. The van der Waals surface area contributed by atoms with Gasteiger partial charge in [0.25, 0.3) is 0 Å². The van der Waals surface area contributed by atoms with Gasteiger partial charge < -0.3 is 10.5 Å². The van der Waals surface area contributed by atoms with E-state index in [1.165, 1.54) is 16.7 Å². The van der Waals surface area contributed by atoms with Gasteiger partial charge in [0.2, 0.25) is 5.91 Å². The van der Waals surface area contributed by atoms with Gasteiger partial charge in [0.15, 0.2) is 0 Å². The van der Waals surface area contributed by atoms with E-state index in [9.17, 15) is 4.79 Å². The summed E-state index contributed by atoms with van der Waals surface area (Å²) in [5.41, 5.74) is 9.81. The van der Waals surface area contributed by atoms with Crippen LogP contribution in [0, 0.1) is 0 Å². The highest BCUT2D eigenvalue weighted by atomic mass is 16.5. The van der Waals surface area contributed by atoms with Gasteiger partial charge in [-0.25, -0.2) is 0 Å². The number of primary amides is 1. The van der Waals surface area contributed by atoms with E-state index in [-0.39, 0.29) is 5.91 Å². The van der Waals surface area contributed by atoms with Crippen LogP contribution >= 0.6 is 0 Å². The second-order valence-electron chi connectivity index (χ2n) is 7.15. The van der Waals surface area contributed by atoms with Gasteiger partial charge in [0.05, 0.1) is 6.61 Å². The van der Waals surface area contributed by atoms with Crippen LogP contribution in [0.2, 0.25) is 0 Å². The number of ether oxygens (including phenoxy) is 1. The zero-order chi connectivity index (χ0) is 17.9. The van der Waals surface area contributed by atoms with Crippen molar-refractivity contribution in [3.63, 3.8) is 0 Å². The third-order valence-corrected chi connectivity index (χ3v) is 5.27. The largest absolute Gasteiger partial charge is 0.493 e. The highest BCUT2D eigenvalue weighted by molar-refractivity contribution is 5.92. The first-order chi connectivity index (χ1) is 12.7. The minimum absolute atomic E-state index is 0.372. The quantitative estimate of drug-likeness (QED) is 0.896. The highest BCUT2D eigenvalue weighted by Crippen LogP contribution is 2.26. The summed E-state index contributed by atoms with van der Waals surface area (Å²) in [4.78, 5) is 16.1. The Bertz CT molecular complexity index is 780. The van der Waals surface area contributed by atoms with Crippen LogP contribution in [0.1, 0.15) is 27.0 Å². The van der Waals surface area contributed by atoms with Crippen molar-refractivity contribution in [3.8, 4) is 5.75 Å². The van der Waals surface area contributed by atoms with Crippen LogP contribution in [0.15, 0.2) is 42.5 Å². The molecule has 2 heterocycles. The molecule has 1 fully saturated rings. The van der Waals surface area contributed by atoms with Gasteiger partial charge in [-0.1, -0.05) is 24.3 Å². The Morgan fingerprint density at radius 1 is 0.923 bits per heavy atom. The third kappa shape index (κ3) is 3.89. The van der Waals surface area contributed by atoms with Gasteiger partial charge in [0.1, 0.15) is 5.75 Å². The van der Waals surface area contributed by atoms with Crippen molar-refractivity contribution in [1.82, 2.24) is 9.80 Å². The minimum atomic E-state index is -0.372. The summed E-state index contributed by atoms with van der Waals surface area (Å²) in [6.45, 7) is 7.02. The topological polar surface area (TPSA) is 58.8 Å². The highest BCUT2D eigenvalue weighted by Gasteiger charge is 2.18. The smallest absolute Gasteiger partial charge is 0.248 e. The van der Waals surface area contributed by atoms with Gasteiger partial charge in [-0.05, 0) is 34.9 Å². The second kappa shape index (κ2) is 7.48. The van der Waals surface area contributed by atoms with E-state index in [1.54, 1.807) is 0 Å². The molecule has 0 bridgehead atoms. The lowest BCUT2D eigenvalue weighted by Gasteiger charge is -2.34. The number of nitrogens with zero attached hydrogens (tertiary/aromatic N) is 2. The maximum absolute atomic E-state index is 11.2. The molecule has 5 nitrogen and oxygen atoms in total. The molecule has 1 saturated heterocycles. The molecule has 0 saturated carbocycles. The zero-order valence-electron chi connectivity index (χ0n) is 15.0. The summed E-state index contributed by atoms with van der Waals surface area (Å²) >= 11 is 0. The fourth-order valence-corrected chi connectivity index (χ4v) is 3.73. The Balaban J connectivity index is 1.28. The monoisotopic (exact) mass is 351 g/mol. The summed E-state index contributed by atoms with van der Waals surface area (Å²) in [7, 11) is 0. The summed E-state index contributed by atoms with van der Waals surface area (Å²) < 4.78 is 5.59. The Labute approximate surface area is 154 Å². The van der Waals surface area contributed by atoms with Crippen LogP contribution in [-0.2, 0) is 19.5 Å². The van der Waals surface area contributed by atoms with Crippen molar-refractivity contribution in [2.75, 3.05) is 32.8 Å². The van der Waals surface area contributed by atoms with Crippen LogP contribution in [-0.4, -0.2) is 48.5 Å². The first kappa shape index (κ1) is 17.1. The number of amides is 1. The Kier molecular flexibility index (Phi) is 4.91. The summed E-state index contributed by atoms with van der Waals surface area (Å²) in [6.07, 6.45) is 1.03. The van der Waals surface area contributed by atoms with Crippen molar-refractivity contribution < 1.29 is 9.53 Å². The van der Waals surface area contributed by atoms with Gasteiger partial charge in [-0.15, -0.1) is 0 Å². The number of carbonyl (C=O) groups is 1. The number of carbonyl (C=O) groups excluding carboxylic acids is 1. The molecule has 2 N–H and O–H groups in total. The van der Waals surface area contributed by atoms with Crippen molar-refractivity contribution in [2.24, 2.45) is 5.73 Å². The van der Waals surface area contributed by atoms with Crippen molar-refractivity contribution >= 4 is 5.91 Å². The molecule has 0 unspecified atom stereocenters. The second-order valence-corrected chi connectivity index (χ2v) is 7.15. The molecule has 0 aromatic heterocycles. The standard InChI is InChI=1S/C21H25N3O2/c22-21(25)18-4-1-16(2-5-18)14-23-8-10-24(11-9-23)15-17-3-6-20-19(13-17)7-12-26-20/h1-6,13H,7-12,14-15H2,(H2,22,25). The van der Waals surface area contributed by atoms with E-state index in [0.717, 1.165) is 58.0 Å². The predicted molar refractivity (Wildman–Crippen MR) is 101 cm³/mol. The molecule has 4 rings (SSSR count). The molecule has 0 atom stereocenters. The molecule has 0 radical (unpaired) electrons. The molecule has 2 aromatic rings. The number of nitrogens with two attached hydrogens (primary N) is 1. The number of hydrogen-bond donors (Lipinski definition) is 1. The lowest BCUT2D eigenvalue weighted by Crippen LogP contribution is -2.45. The fraction of sp³-hybridized carbons (Fsp3) is 0.381. The van der Waals surface area contributed by atoms with Crippen molar-refractivity contribution in [2.45, 2.75) is 19.5 Å². The normalized spacial score (nSPS) is 17.7. The third-order valence-electron chi connectivity index (χ3n) is 5.27. The number of piperazine rings is 1. The fourth-order valence-electron chi connectivity index (χ4n) is 3.73. The molecule has 26 heavy (non-hydrogen) atoms. The van der Waals surface area contributed by atoms with E-state index in [1.807, 2.05) is 24.3 Å². The summed E-state index contributed by atoms with van der Waals surface area (Å²) in [6, 6.07) is 14.2.